The summed E-state index contributed by atoms with van der Waals surface area (Å²) in [4.78, 5) is 11.0. The van der Waals surface area contributed by atoms with Crippen LogP contribution in [0.4, 0.5) is 10.1 Å². The Kier molecular flexibility index (Phi) is 4.49. The summed E-state index contributed by atoms with van der Waals surface area (Å²) in [5, 5.41) is 11.9. The molecule has 0 heterocycles. The van der Waals surface area contributed by atoms with Crippen molar-refractivity contribution in [1.82, 2.24) is 0 Å². The number of nitrogens with one attached hydrogen (secondary N) is 1. The van der Waals surface area contributed by atoms with Gasteiger partial charge in [0.05, 0.1) is 11.3 Å². The van der Waals surface area contributed by atoms with Crippen molar-refractivity contribution in [3.8, 4) is 0 Å². The lowest BCUT2D eigenvalue weighted by molar-refractivity contribution is 0.0697. The smallest absolute Gasteiger partial charge is 0.337 e. The van der Waals surface area contributed by atoms with Gasteiger partial charge in [0.2, 0.25) is 0 Å². The van der Waals surface area contributed by atoms with Gasteiger partial charge in [0.15, 0.2) is 0 Å². The fraction of sp³-hybridized carbons (Fsp3) is 0.462. The molecule has 3 nitrogen and oxygen atoms in total. The largest absolute Gasteiger partial charge is 0.478 e. The second kappa shape index (κ2) is 5.66. The van der Waals surface area contributed by atoms with Gasteiger partial charge in [0, 0.05) is 6.04 Å². The molecule has 1 aromatic rings. The minimum atomic E-state index is -1.12. The summed E-state index contributed by atoms with van der Waals surface area (Å²) >= 11 is 0. The molecular weight excluding hydrogens is 221 g/mol. The van der Waals surface area contributed by atoms with Gasteiger partial charge in [-0.2, -0.15) is 0 Å². The summed E-state index contributed by atoms with van der Waals surface area (Å²) in [6.07, 6.45) is 0.949. The van der Waals surface area contributed by atoms with Crippen molar-refractivity contribution in [3.63, 3.8) is 0 Å². The van der Waals surface area contributed by atoms with Crippen LogP contribution in [0.5, 0.6) is 0 Å². The zero-order valence-corrected chi connectivity index (χ0v) is 10.3. The van der Waals surface area contributed by atoms with Crippen LogP contribution in [0.25, 0.3) is 0 Å². The lowest BCUT2D eigenvalue weighted by Gasteiger charge is -2.22. The lowest BCUT2D eigenvalue weighted by atomic mass is 10.00. The molecule has 0 aliphatic carbocycles. The van der Waals surface area contributed by atoms with E-state index in [1.807, 2.05) is 20.8 Å². The van der Waals surface area contributed by atoms with E-state index >= 15 is 0 Å². The van der Waals surface area contributed by atoms with Crippen LogP contribution in [-0.4, -0.2) is 17.1 Å². The molecule has 4 heteroatoms. The first-order valence-electron chi connectivity index (χ1n) is 5.75. The van der Waals surface area contributed by atoms with Crippen LogP contribution in [0.2, 0.25) is 0 Å². The molecule has 0 radical (unpaired) electrons. The molecular formula is C13H18FNO2. The Morgan fingerprint density at radius 1 is 1.47 bits per heavy atom. The topological polar surface area (TPSA) is 49.3 Å². The SMILES string of the molecule is CCC(C)C(C)Nc1c(F)cccc1C(=O)O. The van der Waals surface area contributed by atoms with Gasteiger partial charge < -0.3 is 10.4 Å². The fourth-order valence-corrected chi connectivity index (χ4v) is 1.57. The number of halogens is 1. The highest BCUT2D eigenvalue weighted by molar-refractivity contribution is 5.94. The van der Waals surface area contributed by atoms with E-state index in [1.54, 1.807) is 0 Å². The van der Waals surface area contributed by atoms with Crippen molar-refractivity contribution >= 4 is 11.7 Å². The van der Waals surface area contributed by atoms with Crippen LogP contribution in [0.3, 0.4) is 0 Å². The second-order valence-electron chi connectivity index (χ2n) is 4.29. The molecule has 2 unspecified atom stereocenters. The zero-order valence-electron chi connectivity index (χ0n) is 10.3. The Bertz CT molecular complexity index is 406. The Labute approximate surface area is 101 Å². The molecule has 0 saturated carbocycles. The first kappa shape index (κ1) is 13.5. The minimum absolute atomic E-state index is 0.0231. The van der Waals surface area contributed by atoms with Crippen molar-refractivity contribution in [2.24, 2.45) is 5.92 Å². The molecule has 0 amide bonds. The van der Waals surface area contributed by atoms with E-state index in [0.29, 0.717) is 5.92 Å². The Balaban J connectivity index is 3.00. The number of rotatable bonds is 5. The van der Waals surface area contributed by atoms with Gasteiger partial charge in [0.25, 0.3) is 0 Å². The number of aromatic carboxylic acids is 1. The first-order valence-corrected chi connectivity index (χ1v) is 5.75. The van der Waals surface area contributed by atoms with E-state index in [2.05, 4.69) is 5.32 Å². The Morgan fingerprint density at radius 2 is 2.12 bits per heavy atom. The van der Waals surface area contributed by atoms with Crippen molar-refractivity contribution in [1.29, 1.82) is 0 Å². The van der Waals surface area contributed by atoms with Gasteiger partial charge >= 0.3 is 5.97 Å². The number of hydrogen-bond acceptors (Lipinski definition) is 2. The highest BCUT2D eigenvalue weighted by atomic mass is 19.1. The lowest BCUT2D eigenvalue weighted by Crippen LogP contribution is -2.25. The number of carboxylic acid groups (broad SMARTS) is 1. The van der Waals surface area contributed by atoms with Gasteiger partial charge in [-0.25, -0.2) is 9.18 Å². The van der Waals surface area contributed by atoms with Gasteiger partial charge in [-0.15, -0.1) is 0 Å². The average Bonchev–Trinajstić information content (AvgIpc) is 2.30. The second-order valence-corrected chi connectivity index (χ2v) is 4.29. The third-order valence-electron chi connectivity index (χ3n) is 3.11. The van der Waals surface area contributed by atoms with Crippen LogP contribution < -0.4 is 5.32 Å². The highest BCUT2D eigenvalue weighted by Crippen LogP contribution is 2.23. The highest BCUT2D eigenvalue weighted by Gasteiger charge is 2.18. The summed E-state index contributed by atoms with van der Waals surface area (Å²) in [6.45, 7) is 6.01. The van der Waals surface area contributed by atoms with E-state index in [4.69, 9.17) is 5.11 Å². The Morgan fingerprint density at radius 3 is 2.65 bits per heavy atom. The quantitative estimate of drug-likeness (QED) is 0.828. The maximum Gasteiger partial charge on any atom is 0.337 e. The van der Waals surface area contributed by atoms with Crippen LogP contribution in [0.1, 0.15) is 37.6 Å². The van der Waals surface area contributed by atoms with E-state index in [1.165, 1.54) is 18.2 Å². The van der Waals surface area contributed by atoms with Gasteiger partial charge in [-0.3, -0.25) is 0 Å². The van der Waals surface area contributed by atoms with Crippen molar-refractivity contribution in [3.05, 3.63) is 29.6 Å². The van der Waals surface area contributed by atoms with Crippen LogP contribution >= 0.6 is 0 Å². The van der Waals surface area contributed by atoms with E-state index in [0.717, 1.165) is 6.42 Å². The standard InChI is InChI=1S/C13H18FNO2/c1-4-8(2)9(3)15-12-10(13(16)17)6-5-7-11(12)14/h5-9,15H,4H2,1-3H3,(H,16,17). The van der Waals surface area contributed by atoms with Crippen molar-refractivity contribution in [2.75, 3.05) is 5.32 Å². The number of carbonyl (C=O) groups is 1. The van der Waals surface area contributed by atoms with Gasteiger partial charge in [0.1, 0.15) is 5.82 Å². The van der Waals surface area contributed by atoms with Gasteiger partial charge in [-0.05, 0) is 25.0 Å². The molecule has 0 aliphatic rings. The maximum atomic E-state index is 13.6. The summed E-state index contributed by atoms with van der Waals surface area (Å²) in [5.41, 5.74) is 0.0490. The number of hydrogen-bond donors (Lipinski definition) is 2. The summed E-state index contributed by atoms with van der Waals surface area (Å²) in [6, 6.07) is 4.09. The van der Waals surface area contributed by atoms with Crippen molar-refractivity contribution < 1.29 is 14.3 Å². The molecule has 0 fully saturated rings. The molecule has 1 rings (SSSR count). The molecule has 1 aromatic carbocycles. The van der Waals surface area contributed by atoms with Gasteiger partial charge in [-0.1, -0.05) is 26.3 Å². The van der Waals surface area contributed by atoms with Crippen LogP contribution in [0, 0.1) is 11.7 Å². The molecule has 17 heavy (non-hydrogen) atoms. The summed E-state index contributed by atoms with van der Waals surface area (Å²) in [7, 11) is 0. The Hall–Kier alpha value is -1.58. The number of benzene rings is 1. The number of anilines is 1. The van der Waals surface area contributed by atoms with E-state index in [9.17, 15) is 9.18 Å². The van der Waals surface area contributed by atoms with E-state index < -0.39 is 11.8 Å². The molecule has 0 spiro atoms. The molecule has 0 aliphatic heterocycles. The molecule has 0 aromatic heterocycles. The van der Waals surface area contributed by atoms with Crippen molar-refractivity contribution in [2.45, 2.75) is 33.2 Å². The third kappa shape index (κ3) is 3.19. The fourth-order valence-electron chi connectivity index (χ4n) is 1.57. The van der Waals surface area contributed by atoms with Crippen LogP contribution in [-0.2, 0) is 0 Å². The maximum absolute atomic E-state index is 13.6. The first-order chi connectivity index (χ1) is 7.97. The number of para-hydroxylation sites is 1. The van der Waals surface area contributed by atoms with E-state index in [-0.39, 0.29) is 17.3 Å². The third-order valence-corrected chi connectivity index (χ3v) is 3.11. The predicted octanol–water partition coefficient (Wildman–Crippen LogP) is 3.37. The molecule has 94 valence electrons. The zero-order chi connectivity index (χ0) is 13.0. The molecule has 0 saturated heterocycles. The summed E-state index contributed by atoms with van der Waals surface area (Å²) in [5.74, 6) is -1.31. The predicted molar refractivity (Wildman–Crippen MR) is 65.9 cm³/mol. The summed E-state index contributed by atoms with van der Waals surface area (Å²) < 4.78 is 13.6. The minimum Gasteiger partial charge on any atom is -0.478 e. The molecule has 2 N–H and O–H groups in total. The average molecular weight is 239 g/mol. The normalized spacial score (nSPS) is 14.1. The monoisotopic (exact) mass is 239 g/mol. The molecule has 0 bridgehead atoms. The molecule has 2 atom stereocenters. The number of carboxylic acids is 1. The van der Waals surface area contributed by atoms with Crippen LogP contribution in [0.15, 0.2) is 18.2 Å².